The van der Waals surface area contributed by atoms with E-state index in [0.717, 1.165) is 0 Å². The number of halogens is 1. The third kappa shape index (κ3) is 6.25. The van der Waals surface area contributed by atoms with Crippen molar-refractivity contribution in [3.05, 3.63) is 71.9 Å². The van der Waals surface area contributed by atoms with Crippen LogP contribution in [0.25, 0.3) is 10.9 Å². The fourth-order valence-corrected chi connectivity index (χ4v) is 6.66. The standard InChI is InChI=1S/C30H34FN5O4S/c1-19-13-20(14-29(37)35-21-17-34-36(18-21)30(2,3)4)25(31)16-28(19)40-27-9-12-33-26-6-5-23(15-24(26)27)41(38,39)22-7-10-32-11-8-22/h5-6,9,12-13,15-18,22,32H,7-8,10-11,14H2,1-4H3,(H,35,37). The summed E-state index contributed by atoms with van der Waals surface area (Å²) in [5, 5.41) is 10.3. The summed E-state index contributed by atoms with van der Waals surface area (Å²) in [4.78, 5) is 17.2. The van der Waals surface area contributed by atoms with Crippen LogP contribution in [0.2, 0.25) is 0 Å². The number of rotatable bonds is 7. The predicted octanol–water partition coefficient (Wildman–Crippen LogP) is 5.13. The van der Waals surface area contributed by atoms with E-state index >= 15 is 4.39 Å². The molecule has 0 atom stereocenters. The van der Waals surface area contributed by atoms with Crippen LogP contribution in [0.1, 0.15) is 44.7 Å². The second-order valence-electron chi connectivity index (χ2n) is 11.4. The van der Waals surface area contributed by atoms with Crippen LogP contribution in [-0.2, 0) is 26.6 Å². The van der Waals surface area contributed by atoms with Crippen molar-refractivity contribution in [1.82, 2.24) is 20.1 Å². The summed E-state index contributed by atoms with van der Waals surface area (Å²) in [6, 6.07) is 9.28. The number of carbonyl (C=O) groups excluding carboxylic acids is 1. The van der Waals surface area contributed by atoms with Gasteiger partial charge in [-0.15, -0.1) is 0 Å². The summed E-state index contributed by atoms with van der Waals surface area (Å²) in [6.45, 7) is 9.09. The Morgan fingerprint density at radius 1 is 1.15 bits per heavy atom. The van der Waals surface area contributed by atoms with Gasteiger partial charge in [0.2, 0.25) is 5.91 Å². The van der Waals surface area contributed by atoms with Gasteiger partial charge in [0, 0.05) is 23.8 Å². The van der Waals surface area contributed by atoms with Gasteiger partial charge in [0.05, 0.1) is 39.5 Å². The van der Waals surface area contributed by atoms with E-state index in [1.807, 2.05) is 20.8 Å². The molecule has 2 aromatic heterocycles. The van der Waals surface area contributed by atoms with E-state index in [0.29, 0.717) is 53.8 Å². The van der Waals surface area contributed by atoms with Gasteiger partial charge in [-0.1, -0.05) is 0 Å². The summed E-state index contributed by atoms with van der Waals surface area (Å²) in [5.41, 5.74) is 1.72. The topological polar surface area (TPSA) is 115 Å². The Hall–Kier alpha value is -3.83. The third-order valence-corrected chi connectivity index (χ3v) is 9.46. The number of fused-ring (bicyclic) bond motifs is 1. The number of piperidine rings is 1. The van der Waals surface area contributed by atoms with Crippen LogP contribution in [0.4, 0.5) is 10.1 Å². The van der Waals surface area contributed by atoms with Crippen molar-refractivity contribution in [2.24, 2.45) is 0 Å². The Labute approximate surface area is 239 Å². The summed E-state index contributed by atoms with van der Waals surface area (Å²) in [7, 11) is -3.53. The average Bonchev–Trinajstić information content (AvgIpc) is 3.41. The lowest BCUT2D eigenvalue weighted by molar-refractivity contribution is -0.115. The second kappa shape index (κ2) is 11.2. The number of ether oxygens (including phenoxy) is 1. The van der Waals surface area contributed by atoms with Crippen molar-refractivity contribution in [3.63, 3.8) is 0 Å². The van der Waals surface area contributed by atoms with Crippen molar-refractivity contribution < 1.29 is 22.3 Å². The molecule has 1 aliphatic heterocycles. The molecule has 2 aromatic carbocycles. The molecule has 0 saturated carbocycles. The van der Waals surface area contributed by atoms with Crippen LogP contribution in [0, 0.1) is 12.7 Å². The average molecular weight is 580 g/mol. The van der Waals surface area contributed by atoms with Crippen molar-refractivity contribution in [2.75, 3.05) is 18.4 Å². The molecule has 1 aliphatic rings. The van der Waals surface area contributed by atoms with Crippen LogP contribution in [0.15, 0.2) is 59.9 Å². The van der Waals surface area contributed by atoms with Crippen molar-refractivity contribution in [3.8, 4) is 11.5 Å². The number of hydrogen-bond donors (Lipinski definition) is 2. The molecule has 1 saturated heterocycles. The molecule has 11 heteroatoms. The highest BCUT2D eigenvalue weighted by atomic mass is 32.2. The number of amides is 1. The van der Waals surface area contributed by atoms with Gasteiger partial charge >= 0.3 is 0 Å². The molecule has 9 nitrogen and oxygen atoms in total. The smallest absolute Gasteiger partial charge is 0.228 e. The number of sulfone groups is 1. The van der Waals surface area contributed by atoms with Crippen molar-refractivity contribution in [1.29, 1.82) is 0 Å². The zero-order chi connectivity index (χ0) is 29.4. The number of benzene rings is 2. The molecule has 0 unspecified atom stereocenters. The maximum absolute atomic E-state index is 15.2. The van der Waals surface area contributed by atoms with Crippen LogP contribution in [-0.4, -0.2) is 47.4 Å². The number of anilines is 1. The molecule has 216 valence electrons. The SMILES string of the molecule is Cc1cc(CC(=O)Nc2cnn(C(C)(C)C)c2)c(F)cc1Oc1ccnc2ccc(S(=O)(=O)C3CCNCC3)cc12. The lowest BCUT2D eigenvalue weighted by Crippen LogP contribution is -2.35. The number of pyridine rings is 1. The van der Waals surface area contributed by atoms with E-state index < -0.39 is 20.9 Å². The number of hydrogen-bond acceptors (Lipinski definition) is 7. The van der Waals surface area contributed by atoms with E-state index in [-0.39, 0.29) is 34.1 Å². The van der Waals surface area contributed by atoms with Crippen LogP contribution < -0.4 is 15.4 Å². The van der Waals surface area contributed by atoms with Crippen molar-refractivity contribution >= 4 is 32.3 Å². The van der Waals surface area contributed by atoms with E-state index in [1.165, 1.54) is 6.07 Å². The van der Waals surface area contributed by atoms with Crippen LogP contribution in [0.5, 0.6) is 11.5 Å². The highest BCUT2D eigenvalue weighted by Gasteiger charge is 2.29. The van der Waals surface area contributed by atoms with E-state index in [9.17, 15) is 13.2 Å². The highest BCUT2D eigenvalue weighted by molar-refractivity contribution is 7.92. The maximum atomic E-state index is 15.2. The summed E-state index contributed by atoms with van der Waals surface area (Å²) < 4.78 is 49.6. The lowest BCUT2D eigenvalue weighted by Gasteiger charge is -2.23. The fraction of sp³-hybridized carbons (Fsp3) is 0.367. The Balaban J connectivity index is 1.36. The molecule has 3 heterocycles. The number of nitrogens with one attached hydrogen (secondary N) is 2. The van der Waals surface area contributed by atoms with Gasteiger partial charge in [0.15, 0.2) is 9.84 Å². The molecule has 1 fully saturated rings. The van der Waals surface area contributed by atoms with E-state index in [2.05, 4.69) is 20.7 Å². The molecule has 2 N–H and O–H groups in total. The molecule has 0 bridgehead atoms. The first-order valence-electron chi connectivity index (χ1n) is 13.6. The molecular formula is C30H34FN5O4S. The van der Waals surface area contributed by atoms with Gasteiger partial charge in [-0.2, -0.15) is 5.10 Å². The molecule has 4 aromatic rings. The maximum Gasteiger partial charge on any atom is 0.228 e. The number of aryl methyl sites for hydroxylation is 1. The highest BCUT2D eigenvalue weighted by Crippen LogP contribution is 2.34. The Morgan fingerprint density at radius 3 is 2.61 bits per heavy atom. The first-order chi connectivity index (χ1) is 19.4. The Kier molecular flexibility index (Phi) is 7.85. The van der Waals surface area contributed by atoms with Gasteiger partial charge in [-0.05, 0) is 95.1 Å². The molecule has 0 spiro atoms. The fourth-order valence-electron chi connectivity index (χ4n) is 4.88. The van der Waals surface area contributed by atoms with E-state index in [1.54, 1.807) is 60.5 Å². The van der Waals surface area contributed by atoms with Crippen LogP contribution in [0.3, 0.4) is 0 Å². The van der Waals surface area contributed by atoms with Gasteiger partial charge in [0.1, 0.15) is 17.3 Å². The third-order valence-electron chi connectivity index (χ3n) is 7.20. The number of aromatic nitrogens is 3. The first kappa shape index (κ1) is 28.7. The molecule has 0 aliphatic carbocycles. The predicted molar refractivity (Wildman–Crippen MR) is 156 cm³/mol. The van der Waals surface area contributed by atoms with Gasteiger partial charge in [-0.3, -0.25) is 14.5 Å². The first-order valence-corrected chi connectivity index (χ1v) is 15.1. The monoisotopic (exact) mass is 579 g/mol. The van der Waals surface area contributed by atoms with Crippen molar-refractivity contribution in [2.45, 2.75) is 62.6 Å². The minimum atomic E-state index is -3.53. The largest absolute Gasteiger partial charge is 0.456 e. The summed E-state index contributed by atoms with van der Waals surface area (Å²) in [6.07, 6.45) is 5.80. The van der Waals surface area contributed by atoms with Gasteiger partial charge in [-0.25, -0.2) is 12.8 Å². The summed E-state index contributed by atoms with van der Waals surface area (Å²) >= 11 is 0. The minimum absolute atomic E-state index is 0.163. The van der Waals surface area contributed by atoms with Crippen LogP contribution >= 0.6 is 0 Å². The molecular weight excluding hydrogens is 545 g/mol. The zero-order valence-electron chi connectivity index (χ0n) is 23.6. The molecule has 5 rings (SSSR count). The quantitative estimate of drug-likeness (QED) is 0.312. The molecule has 0 radical (unpaired) electrons. The van der Waals surface area contributed by atoms with Gasteiger partial charge < -0.3 is 15.4 Å². The Morgan fingerprint density at radius 2 is 1.90 bits per heavy atom. The van der Waals surface area contributed by atoms with Gasteiger partial charge in [0.25, 0.3) is 0 Å². The molecule has 1 amide bonds. The second-order valence-corrected chi connectivity index (χ2v) is 13.6. The Bertz CT molecular complexity index is 1710. The minimum Gasteiger partial charge on any atom is -0.456 e. The zero-order valence-corrected chi connectivity index (χ0v) is 24.4. The number of nitrogens with zero attached hydrogens (tertiary/aromatic N) is 3. The summed E-state index contributed by atoms with van der Waals surface area (Å²) in [5.74, 6) is -0.329. The normalized spacial score (nSPS) is 14.8. The number of carbonyl (C=O) groups is 1. The molecule has 41 heavy (non-hydrogen) atoms. The van der Waals surface area contributed by atoms with E-state index in [4.69, 9.17) is 4.74 Å². The lowest BCUT2D eigenvalue weighted by atomic mass is 10.1.